The van der Waals surface area contributed by atoms with Crippen LogP contribution in [0.5, 0.6) is 0 Å². The quantitative estimate of drug-likeness (QED) is 0.396. The molecule has 0 N–H and O–H groups in total. The lowest BCUT2D eigenvalue weighted by atomic mass is 10.1. The maximum Gasteiger partial charge on any atom is 0.339 e. The molecule has 0 spiro atoms. The number of carbonyl (C=O) groups is 2. The van der Waals surface area contributed by atoms with Gasteiger partial charge in [0.05, 0.1) is 17.7 Å². The summed E-state index contributed by atoms with van der Waals surface area (Å²) in [6.07, 6.45) is 5.42. The van der Waals surface area contributed by atoms with Crippen molar-refractivity contribution in [2.24, 2.45) is 5.92 Å². The topological polar surface area (TPSA) is 52.6 Å². The highest BCUT2D eigenvalue weighted by molar-refractivity contribution is 6.03. The molecule has 25 heavy (non-hydrogen) atoms. The second-order valence-corrected chi connectivity index (χ2v) is 6.80. The van der Waals surface area contributed by atoms with E-state index in [4.69, 9.17) is 9.47 Å². The predicted octanol–water partition coefficient (Wildman–Crippen LogP) is 5.41. The Balaban J connectivity index is 2.71. The summed E-state index contributed by atoms with van der Waals surface area (Å²) in [5.41, 5.74) is 0.564. The number of benzene rings is 1. The lowest BCUT2D eigenvalue weighted by Crippen LogP contribution is -2.20. The Labute approximate surface area is 151 Å². The number of unbranched alkanes of at least 4 members (excludes halogenated alkanes) is 1. The molecule has 1 aromatic carbocycles. The van der Waals surface area contributed by atoms with Gasteiger partial charge in [0.2, 0.25) is 0 Å². The average molecular weight is 348 g/mol. The molecule has 0 amide bonds. The van der Waals surface area contributed by atoms with Crippen LogP contribution in [-0.2, 0) is 9.47 Å². The fourth-order valence-electron chi connectivity index (χ4n) is 2.57. The fourth-order valence-corrected chi connectivity index (χ4v) is 2.57. The molecule has 0 aromatic heterocycles. The minimum Gasteiger partial charge on any atom is -0.462 e. The van der Waals surface area contributed by atoms with E-state index in [-0.39, 0.29) is 17.2 Å². The highest BCUT2D eigenvalue weighted by atomic mass is 16.5. The molecule has 0 aliphatic rings. The summed E-state index contributed by atoms with van der Waals surface area (Å²) in [4.78, 5) is 24.8. The number of esters is 2. The van der Waals surface area contributed by atoms with Crippen molar-refractivity contribution in [1.29, 1.82) is 0 Å². The predicted molar refractivity (Wildman–Crippen MR) is 99.8 cm³/mol. The van der Waals surface area contributed by atoms with Crippen molar-refractivity contribution in [2.75, 3.05) is 6.61 Å². The maximum atomic E-state index is 12.5. The third-order valence-corrected chi connectivity index (χ3v) is 4.13. The van der Waals surface area contributed by atoms with E-state index < -0.39 is 11.9 Å². The molecule has 1 aromatic rings. The lowest BCUT2D eigenvalue weighted by molar-refractivity contribution is 0.0258. The van der Waals surface area contributed by atoms with E-state index in [1.165, 1.54) is 0 Å². The average Bonchev–Trinajstić information content (AvgIpc) is 2.61. The van der Waals surface area contributed by atoms with Crippen LogP contribution in [0.15, 0.2) is 24.3 Å². The Morgan fingerprint density at radius 1 is 0.960 bits per heavy atom. The van der Waals surface area contributed by atoms with Crippen molar-refractivity contribution in [3.05, 3.63) is 35.4 Å². The van der Waals surface area contributed by atoms with Crippen LogP contribution in [0.2, 0.25) is 0 Å². The number of hydrogen-bond acceptors (Lipinski definition) is 4. The summed E-state index contributed by atoms with van der Waals surface area (Å²) < 4.78 is 10.9. The first kappa shape index (κ1) is 21.2. The minimum atomic E-state index is -0.460. The van der Waals surface area contributed by atoms with Crippen molar-refractivity contribution in [1.82, 2.24) is 0 Å². The van der Waals surface area contributed by atoms with Crippen molar-refractivity contribution >= 4 is 11.9 Å². The van der Waals surface area contributed by atoms with Crippen LogP contribution in [0.3, 0.4) is 0 Å². The van der Waals surface area contributed by atoms with Crippen LogP contribution in [0.4, 0.5) is 0 Å². The summed E-state index contributed by atoms with van der Waals surface area (Å²) in [6, 6.07) is 6.71. The molecule has 0 radical (unpaired) electrons. The molecule has 4 heteroatoms. The number of hydrogen-bond donors (Lipinski definition) is 0. The number of carbonyl (C=O) groups excluding carboxylic acids is 2. The molecule has 1 unspecified atom stereocenters. The highest BCUT2D eigenvalue weighted by Crippen LogP contribution is 2.16. The third kappa shape index (κ3) is 7.72. The molecule has 1 rings (SSSR count). The molecule has 0 aliphatic carbocycles. The fraction of sp³-hybridized carbons (Fsp3) is 0.619. The zero-order valence-electron chi connectivity index (χ0n) is 16.0. The SMILES string of the molecule is CCCCC(CC)OC(=O)c1ccccc1C(=O)OCCCC(C)C. The zero-order chi connectivity index (χ0) is 18.7. The van der Waals surface area contributed by atoms with Crippen LogP contribution in [0.25, 0.3) is 0 Å². The first-order valence-corrected chi connectivity index (χ1v) is 9.46. The third-order valence-electron chi connectivity index (χ3n) is 4.13. The van der Waals surface area contributed by atoms with Gasteiger partial charge in [0.15, 0.2) is 0 Å². The molecule has 0 bridgehead atoms. The van der Waals surface area contributed by atoms with Crippen LogP contribution in [0.1, 0.15) is 86.9 Å². The lowest BCUT2D eigenvalue weighted by Gasteiger charge is -2.17. The van der Waals surface area contributed by atoms with Crippen LogP contribution < -0.4 is 0 Å². The van der Waals surface area contributed by atoms with Crippen molar-refractivity contribution in [3.8, 4) is 0 Å². The smallest absolute Gasteiger partial charge is 0.339 e. The Kier molecular flexibility index (Phi) is 9.90. The van der Waals surface area contributed by atoms with Gasteiger partial charge in [-0.2, -0.15) is 0 Å². The van der Waals surface area contributed by atoms with Gasteiger partial charge >= 0.3 is 11.9 Å². The second-order valence-electron chi connectivity index (χ2n) is 6.80. The first-order valence-electron chi connectivity index (χ1n) is 9.46. The van der Waals surface area contributed by atoms with Crippen LogP contribution >= 0.6 is 0 Å². The van der Waals surface area contributed by atoms with E-state index in [0.29, 0.717) is 12.5 Å². The summed E-state index contributed by atoms with van der Waals surface area (Å²) in [5, 5.41) is 0. The number of rotatable bonds is 11. The van der Waals surface area contributed by atoms with Gasteiger partial charge < -0.3 is 9.47 Å². The summed E-state index contributed by atoms with van der Waals surface area (Å²) in [6.45, 7) is 8.75. The molecular formula is C21H32O4. The Bertz CT molecular complexity index is 536. The first-order chi connectivity index (χ1) is 12.0. The Hall–Kier alpha value is -1.84. The molecule has 0 saturated carbocycles. The Morgan fingerprint density at radius 3 is 2.16 bits per heavy atom. The summed E-state index contributed by atoms with van der Waals surface area (Å²) in [7, 11) is 0. The van der Waals surface area contributed by atoms with Gasteiger partial charge in [-0.05, 0) is 43.7 Å². The Morgan fingerprint density at radius 2 is 1.60 bits per heavy atom. The van der Waals surface area contributed by atoms with Crippen molar-refractivity contribution in [2.45, 2.75) is 72.3 Å². The minimum absolute atomic E-state index is 0.109. The maximum absolute atomic E-state index is 12.5. The molecule has 0 aliphatic heterocycles. The molecular weight excluding hydrogens is 316 g/mol. The van der Waals surface area contributed by atoms with Gasteiger partial charge in [-0.15, -0.1) is 0 Å². The normalized spacial score (nSPS) is 12.0. The van der Waals surface area contributed by atoms with Gasteiger partial charge in [0.1, 0.15) is 6.10 Å². The monoisotopic (exact) mass is 348 g/mol. The molecule has 0 fully saturated rings. The number of ether oxygens (including phenoxy) is 2. The van der Waals surface area contributed by atoms with E-state index in [2.05, 4.69) is 20.8 Å². The van der Waals surface area contributed by atoms with Crippen LogP contribution in [0, 0.1) is 5.92 Å². The zero-order valence-corrected chi connectivity index (χ0v) is 16.0. The molecule has 0 heterocycles. The molecule has 1 atom stereocenters. The van der Waals surface area contributed by atoms with Gasteiger partial charge in [-0.25, -0.2) is 9.59 Å². The van der Waals surface area contributed by atoms with E-state index in [1.807, 2.05) is 6.92 Å². The van der Waals surface area contributed by atoms with Crippen molar-refractivity contribution in [3.63, 3.8) is 0 Å². The molecule has 140 valence electrons. The van der Waals surface area contributed by atoms with E-state index >= 15 is 0 Å². The van der Waals surface area contributed by atoms with Gasteiger partial charge in [-0.3, -0.25) is 0 Å². The summed E-state index contributed by atoms with van der Waals surface area (Å²) in [5.74, 6) is -0.328. The highest BCUT2D eigenvalue weighted by Gasteiger charge is 2.21. The van der Waals surface area contributed by atoms with E-state index in [1.54, 1.807) is 24.3 Å². The van der Waals surface area contributed by atoms with Crippen molar-refractivity contribution < 1.29 is 19.1 Å². The molecule has 4 nitrogen and oxygen atoms in total. The van der Waals surface area contributed by atoms with E-state index in [0.717, 1.165) is 38.5 Å². The molecule has 0 saturated heterocycles. The second kappa shape index (κ2) is 11.7. The summed E-state index contributed by atoms with van der Waals surface area (Å²) >= 11 is 0. The van der Waals surface area contributed by atoms with Gasteiger partial charge in [-0.1, -0.05) is 52.7 Å². The largest absolute Gasteiger partial charge is 0.462 e. The van der Waals surface area contributed by atoms with Crippen LogP contribution in [-0.4, -0.2) is 24.6 Å². The van der Waals surface area contributed by atoms with Gasteiger partial charge in [0, 0.05) is 0 Å². The van der Waals surface area contributed by atoms with Gasteiger partial charge in [0.25, 0.3) is 0 Å². The van der Waals surface area contributed by atoms with E-state index in [9.17, 15) is 9.59 Å². The standard InChI is InChI=1S/C21H32O4/c1-5-7-12-17(6-2)25-21(23)19-14-9-8-13-18(19)20(22)24-15-10-11-16(3)4/h8-9,13-14,16-17H,5-7,10-12,15H2,1-4H3.